The SMILES string of the molecule is COc1cc([N+](=O)[O-])ccc1CO[Si](c1ccccc1)c1ccc(C(C)(C)C)cc1. The Labute approximate surface area is 179 Å². The molecule has 0 fully saturated rings. The topological polar surface area (TPSA) is 61.6 Å². The third kappa shape index (κ3) is 5.14. The van der Waals surface area contributed by atoms with E-state index in [1.807, 2.05) is 18.2 Å². The second kappa shape index (κ2) is 9.24. The first-order chi connectivity index (χ1) is 14.3. The van der Waals surface area contributed by atoms with E-state index in [-0.39, 0.29) is 11.1 Å². The van der Waals surface area contributed by atoms with E-state index in [0.717, 1.165) is 15.9 Å². The molecule has 0 atom stereocenters. The van der Waals surface area contributed by atoms with Crippen LogP contribution in [-0.2, 0) is 16.4 Å². The molecule has 0 saturated heterocycles. The molecule has 0 bridgehead atoms. The number of methoxy groups -OCH3 is 1. The highest BCUT2D eigenvalue weighted by Crippen LogP contribution is 2.25. The van der Waals surface area contributed by atoms with E-state index >= 15 is 0 Å². The lowest BCUT2D eigenvalue weighted by molar-refractivity contribution is -0.384. The fraction of sp³-hybridized carbons (Fsp3) is 0.250. The molecule has 6 heteroatoms. The van der Waals surface area contributed by atoms with E-state index in [0.29, 0.717) is 12.4 Å². The molecule has 0 aromatic heterocycles. The minimum Gasteiger partial charge on any atom is -0.496 e. The van der Waals surface area contributed by atoms with Crippen molar-refractivity contribution in [2.24, 2.45) is 0 Å². The Bertz CT molecular complexity index is 998. The first-order valence-electron chi connectivity index (χ1n) is 9.77. The molecule has 3 rings (SSSR count). The number of non-ortho nitro benzene ring substituents is 1. The van der Waals surface area contributed by atoms with Gasteiger partial charge in [-0.25, -0.2) is 0 Å². The van der Waals surface area contributed by atoms with Crippen LogP contribution in [0.25, 0.3) is 0 Å². The van der Waals surface area contributed by atoms with Crippen LogP contribution < -0.4 is 15.1 Å². The molecule has 30 heavy (non-hydrogen) atoms. The molecule has 0 saturated carbocycles. The summed E-state index contributed by atoms with van der Waals surface area (Å²) >= 11 is 0. The number of hydrogen-bond donors (Lipinski definition) is 0. The summed E-state index contributed by atoms with van der Waals surface area (Å²) in [6.07, 6.45) is 0. The van der Waals surface area contributed by atoms with Crippen LogP contribution in [0, 0.1) is 10.1 Å². The van der Waals surface area contributed by atoms with Gasteiger partial charge in [-0.1, -0.05) is 75.4 Å². The van der Waals surface area contributed by atoms with Gasteiger partial charge in [-0.05, 0) is 27.4 Å². The molecular weight excluding hydrogens is 394 g/mol. The predicted octanol–water partition coefficient (Wildman–Crippen LogP) is 4.22. The lowest BCUT2D eigenvalue weighted by Gasteiger charge is -2.21. The van der Waals surface area contributed by atoms with Gasteiger partial charge in [-0.2, -0.15) is 0 Å². The van der Waals surface area contributed by atoms with Gasteiger partial charge < -0.3 is 9.16 Å². The van der Waals surface area contributed by atoms with Crippen LogP contribution in [-0.4, -0.2) is 21.1 Å². The van der Waals surface area contributed by atoms with Gasteiger partial charge in [-0.3, -0.25) is 10.1 Å². The van der Waals surface area contributed by atoms with E-state index in [2.05, 4.69) is 57.2 Å². The predicted molar refractivity (Wildman–Crippen MR) is 121 cm³/mol. The molecule has 0 aliphatic carbocycles. The minimum atomic E-state index is -1.50. The van der Waals surface area contributed by atoms with Crippen molar-refractivity contribution < 1.29 is 14.1 Å². The van der Waals surface area contributed by atoms with Gasteiger partial charge in [0.05, 0.1) is 24.7 Å². The maximum Gasteiger partial charge on any atom is 0.283 e. The number of nitro groups is 1. The summed E-state index contributed by atoms with van der Waals surface area (Å²) in [5, 5.41) is 13.3. The normalized spacial score (nSPS) is 11.5. The zero-order valence-corrected chi connectivity index (χ0v) is 18.7. The lowest BCUT2D eigenvalue weighted by Crippen LogP contribution is -2.44. The molecule has 0 aliphatic heterocycles. The number of ether oxygens (including phenoxy) is 1. The molecule has 155 valence electrons. The molecule has 0 unspecified atom stereocenters. The second-order valence-corrected chi connectivity index (χ2v) is 10.2. The van der Waals surface area contributed by atoms with Crippen molar-refractivity contribution in [3.05, 3.63) is 94.0 Å². The van der Waals surface area contributed by atoms with Crippen molar-refractivity contribution in [2.75, 3.05) is 7.11 Å². The monoisotopic (exact) mass is 420 g/mol. The molecule has 0 N–H and O–H groups in total. The number of benzene rings is 3. The summed E-state index contributed by atoms with van der Waals surface area (Å²) in [4.78, 5) is 10.6. The van der Waals surface area contributed by atoms with Crippen molar-refractivity contribution >= 4 is 25.1 Å². The molecule has 0 amide bonds. The Kier molecular flexibility index (Phi) is 6.69. The van der Waals surface area contributed by atoms with Crippen LogP contribution in [0.1, 0.15) is 31.9 Å². The summed E-state index contributed by atoms with van der Waals surface area (Å²) < 4.78 is 11.8. The number of nitro benzene ring substituents is 1. The Hall–Kier alpha value is -2.96. The molecule has 0 spiro atoms. The molecule has 0 heterocycles. The quantitative estimate of drug-likeness (QED) is 0.326. The van der Waals surface area contributed by atoms with E-state index in [1.165, 1.54) is 24.8 Å². The zero-order chi connectivity index (χ0) is 21.7. The fourth-order valence-electron chi connectivity index (χ4n) is 3.16. The molecule has 3 aromatic carbocycles. The lowest BCUT2D eigenvalue weighted by atomic mass is 9.87. The molecule has 1 radical (unpaired) electrons. The van der Waals surface area contributed by atoms with Crippen molar-refractivity contribution in [1.29, 1.82) is 0 Å². The van der Waals surface area contributed by atoms with Crippen LogP contribution >= 0.6 is 0 Å². The van der Waals surface area contributed by atoms with Crippen molar-refractivity contribution in [3.63, 3.8) is 0 Å². The summed E-state index contributed by atoms with van der Waals surface area (Å²) in [5.41, 5.74) is 2.15. The highest BCUT2D eigenvalue weighted by molar-refractivity contribution is 6.80. The van der Waals surface area contributed by atoms with E-state index in [9.17, 15) is 10.1 Å². The fourth-order valence-corrected chi connectivity index (χ4v) is 5.09. The molecule has 0 aliphatic rings. The maximum atomic E-state index is 11.0. The van der Waals surface area contributed by atoms with Crippen molar-refractivity contribution in [2.45, 2.75) is 32.8 Å². The van der Waals surface area contributed by atoms with E-state index in [4.69, 9.17) is 9.16 Å². The number of rotatable bonds is 7. The van der Waals surface area contributed by atoms with Gasteiger partial charge in [0.25, 0.3) is 14.7 Å². The minimum absolute atomic E-state index is 0.00181. The standard InChI is InChI=1S/C24H26NO4Si/c1-24(2,3)19-11-14-22(15-12-19)30(21-8-6-5-7-9-21)29-17-18-10-13-20(25(26)27)16-23(18)28-4/h5-16H,17H2,1-4H3. The summed E-state index contributed by atoms with van der Waals surface area (Å²) in [6.45, 7) is 6.90. The average Bonchev–Trinajstić information content (AvgIpc) is 2.74. The first-order valence-corrected chi connectivity index (χ1v) is 11.2. The highest BCUT2D eigenvalue weighted by Gasteiger charge is 2.22. The Morgan fingerprint density at radius 1 is 0.933 bits per heavy atom. The summed E-state index contributed by atoms with van der Waals surface area (Å²) in [6, 6.07) is 23.4. The molecule has 3 aromatic rings. The van der Waals surface area contributed by atoms with E-state index < -0.39 is 14.0 Å². The van der Waals surface area contributed by atoms with Crippen molar-refractivity contribution in [3.8, 4) is 5.75 Å². The Balaban J connectivity index is 1.89. The van der Waals surface area contributed by atoms with Gasteiger partial charge in [0.15, 0.2) is 0 Å². The Morgan fingerprint density at radius 3 is 2.13 bits per heavy atom. The first kappa shape index (κ1) is 21.7. The van der Waals surface area contributed by atoms with Gasteiger partial charge in [-0.15, -0.1) is 0 Å². The van der Waals surface area contributed by atoms with Crippen molar-refractivity contribution in [1.82, 2.24) is 0 Å². The molecular formula is C24H26NO4Si. The smallest absolute Gasteiger partial charge is 0.283 e. The largest absolute Gasteiger partial charge is 0.496 e. The number of hydrogen-bond acceptors (Lipinski definition) is 4. The maximum absolute atomic E-state index is 11.0. The third-order valence-electron chi connectivity index (χ3n) is 4.90. The van der Waals surface area contributed by atoms with Gasteiger partial charge >= 0.3 is 0 Å². The van der Waals surface area contributed by atoms with Gasteiger partial charge in [0.2, 0.25) is 0 Å². The van der Waals surface area contributed by atoms with Crippen LogP contribution in [0.5, 0.6) is 5.75 Å². The van der Waals surface area contributed by atoms with Crippen LogP contribution in [0.4, 0.5) is 5.69 Å². The average molecular weight is 421 g/mol. The third-order valence-corrected chi connectivity index (χ3v) is 7.05. The number of nitrogens with zero attached hydrogens (tertiary/aromatic N) is 1. The van der Waals surface area contributed by atoms with Gasteiger partial charge in [0.1, 0.15) is 5.75 Å². The summed E-state index contributed by atoms with van der Waals surface area (Å²) in [7, 11) is 0.0119. The van der Waals surface area contributed by atoms with Crippen LogP contribution in [0.3, 0.4) is 0 Å². The second-order valence-electron chi connectivity index (χ2n) is 8.06. The zero-order valence-electron chi connectivity index (χ0n) is 17.7. The summed E-state index contributed by atoms with van der Waals surface area (Å²) in [5.74, 6) is 0.460. The van der Waals surface area contributed by atoms with Gasteiger partial charge in [0, 0.05) is 11.6 Å². The highest BCUT2D eigenvalue weighted by atomic mass is 28.3. The molecule has 5 nitrogen and oxygen atoms in total. The van der Waals surface area contributed by atoms with E-state index in [1.54, 1.807) is 6.07 Å². The van der Waals surface area contributed by atoms with Crippen LogP contribution in [0.2, 0.25) is 0 Å². The van der Waals surface area contributed by atoms with Crippen LogP contribution in [0.15, 0.2) is 72.8 Å². The Morgan fingerprint density at radius 2 is 1.57 bits per heavy atom.